The molecule has 1 saturated heterocycles. The molecule has 0 bridgehead atoms. The van der Waals surface area contributed by atoms with Gasteiger partial charge < -0.3 is 15.0 Å². The Hall–Kier alpha value is -0.880. The average molecular weight is 247 g/mol. The maximum atomic E-state index is 12.1. The van der Waals surface area contributed by atoms with E-state index >= 15 is 0 Å². The lowest BCUT2D eigenvalue weighted by atomic mass is 10.3. The van der Waals surface area contributed by atoms with Crippen molar-refractivity contribution in [1.82, 2.24) is 15.1 Å². The average Bonchev–Trinajstić information content (AvgIpc) is 2.36. The Kier molecular flexibility index (Phi) is 6.88. The predicted molar refractivity (Wildman–Crippen MR) is 63.9 cm³/mol. The predicted octanol–water partition coefficient (Wildman–Crippen LogP) is 0.320. The maximum absolute atomic E-state index is 12.1. The molecule has 0 unspecified atom stereocenters. The van der Waals surface area contributed by atoms with E-state index in [2.05, 4.69) is 5.32 Å². The Balaban J connectivity index is 2.12. The Morgan fingerprint density at radius 1 is 1.35 bits per heavy atom. The minimum atomic E-state index is -0.316. The first kappa shape index (κ1) is 14.2. The van der Waals surface area contributed by atoms with Crippen molar-refractivity contribution in [2.45, 2.75) is 6.42 Å². The Morgan fingerprint density at radius 3 is 2.65 bits per heavy atom. The fourth-order valence-electron chi connectivity index (χ4n) is 1.82. The number of alkyl halides is 1. The number of nitrogens with zero attached hydrogens (tertiary/aromatic N) is 2. The largest absolute Gasteiger partial charge is 0.385 e. The van der Waals surface area contributed by atoms with Crippen LogP contribution in [0.5, 0.6) is 0 Å². The van der Waals surface area contributed by atoms with Gasteiger partial charge >= 0.3 is 6.03 Å². The molecule has 0 atom stereocenters. The molecule has 1 aliphatic rings. The molecule has 2 amide bonds. The van der Waals surface area contributed by atoms with Crippen molar-refractivity contribution in [2.75, 3.05) is 59.7 Å². The minimum Gasteiger partial charge on any atom is -0.385 e. The second-order valence-electron chi connectivity index (χ2n) is 4.10. The number of nitrogens with one attached hydrogen (secondary N) is 1. The summed E-state index contributed by atoms with van der Waals surface area (Å²) in [7, 11) is 1.64. The molecule has 0 aromatic carbocycles. The van der Waals surface area contributed by atoms with Gasteiger partial charge in [-0.1, -0.05) is 0 Å². The van der Waals surface area contributed by atoms with Crippen LogP contribution < -0.4 is 5.32 Å². The van der Waals surface area contributed by atoms with Crippen LogP contribution in [0.25, 0.3) is 0 Å². The molecule has 1 heterocycles. The highest BCUT2D eigenvalue weighted by atomic mass is 19.1. The summed E-state index contributed by atoms with van der Waals surface area (Å²) in [6, 6.07) is -0.0269. The zero-order valence-electron chi connectivity index (χ0n) is 10.5. The summed E-state index contributed by atoms with van der Waals surface area (Å²) < 4.78 is 17.0. The van der Waals surface area contributed by atoms with E-state index in [4.69, 9.17) is 4.74 Å². The number of piperazine rings is 1. The van der Waals surface area contributed by atoms with Gasteiger partial charge in [0.05, 0.1) is 0 Å². The number of hydrogen-bond acceptors (Lipinski definition) is 3. The Labute approximate surface area is 102 Å². The lowest BCUT2D eigenvalue weighted by molar-refractivity contribution is 0.133. The van der Waals surface area contributed by atoms with Crippen LogP contribution in [-0.2, 0) is 4.74 Å². The van der Waals surface area contributed by atoms with E-state index in [1.165, 1.54) is 0 Å². The van der Waals surface area contributed by atoms with Crippen LogP contribution in [0.3, 0.4) is 0 Å². The summed E-state index contributed by atoms with van der Waals surface area (Å²) in [5.41, 5.74) is 0. The molecule has 0 aliphatic carbocycles. The fourth-order valence-corrected chi connectivity index (χ4v) is 1.82. The molecule has 100 valence electrons. The third-order valence-corrected chi connectivity index (χ3v) is 2.86. The van der Waals surface area contributed by atoms with Crippen LogP contribution in [-0.4, -0.2) is 75.5 Å². The molecule has 1 aliphatic heterocycles. The second kappa shape index (κ2) is 8.25. The van der Waals surface area contributed by atoms with Gasteiger partial charge in [0.15, 0.2) is 0 Å². The molecule has 6 heteroatoms. The van der Waals surface area contributed by atoms with Crippen LogP contribution in [0.2, 0.25) is 0 Å². The van der Waals surface area contributed by atoms with Gasteiger partial charge in [0, 0.05) is 53.0 Å². The van der Waals surface area contributed by atoms with Crippen LogP contribution in [0.4, 0.5) is 9.18 Å². The van der Waals surface area contributed by atoms with E-state index in [9.17, 15) is 9.18 Å². The second-order valence-corrected chi connectivity index (χ2v) is 4.10. The van der Waals surface area contributed by atoms with Crippen molar-refractivity contribution in [3.8, 4) is 0 Å². The van der Waals surface area contributed by atoms with Crippen LogP contribution >= 0.6 is 0 Å². The molecule has 0 aromatic rings. The van der Waals surface area contributed by atoms with Gasteiger partial charge in [0.2, 0.25) is 0 Å². The zero-order valence-corrected chi connectivity index (χ0v) is 10.5. The highest BCUT2D eigenvalue weighted by Crippen LogP contribution is 2.01. The summed E-state index contributed by atoms with van der Waals surface area (Å²) in [4.78, 5) is 15.5. The van der Waals surface area contributed by atoms with Gasteiger partial charge in [0.25, 0.3) is 0 Å². The van der Waals surface area contributed by atoms with Gasteiger partial charge in [0.1, 0.15) is 6.67 Å². The van der Waals surface area contributed by atoms with Crippen LogP contribution in [0.15, 0.2) is 0 Å². The van der Waals surface area contributed by atoms with Gasteiger partial charge in [-0.15, -0.1) is 0 Å². The van der Waals surface area contributed by atoms with E-state index < -0.39 is 0 Å². The Morgan fingerprint density at radius 2 is 2.06 bits per heavy atom. The van der Waals surface area contributed by atoms with Crippen molar-refractivity contribution < 1.29 is 13.9 Å². The standard InChI is InChI=1S/C11H22FN3O2/c1-17-10-2-4-13-11(16)15-8-6-14(5-3-12)7-9-15/h2-10H2,1H3,(H,13,16). The number of carbonyl (C=O) groups excluding carboxylic acids is 1. The van der Waals surface area contributed by atoms with E-state index in [0.29, 0.717) is 32.8 Å². The molecule has 0 aromatic heterocycles. The van der Waals surface area contributed by atoms with E-state index in [0.717, 1.165) is 19.5 Å². The first-order valence-electron chi connectivity index (χ1n) is 6.08. The third kappa shape index (κ3) is 5.32. The number of halogens is 1. The SMILES string of the molecule is COCCCNC(=O)N1CCN(CCF)CC1. The van der Waals surface area contributed by atoms with E-state index in [-0.39, 0.29) is 12.7 Å². The molecular formula is C11H22FN3O2. The number of methoxy groups -OCH3 is 1. The van der Waals surface area contributed by atoms with Crippen molar-refractivity contribution in [3.05, 3.63) is 0 Å². The zero-order chi connectivity index (χ0) is 12.5. The van der Waals surface area contributed by atoms with Crippen molar-refractivity contribution >= 4 is 6.03 Å². The molecule has 0 radical (unpaired) electrons. The number of rotatable bonds is 6. The summed E-state index contributed by atoms with van der Waals surface area (Å²) >= 11 is 0. The first-order valence-corrected chi connectivity index (χ1v) is 6.08. The van der Waals surface area contributed by atoms with Gasteiger partial charge in [-0.25, -0.2) is 9.18 Å². The molecular weight excluding hydrogens is 225 g/mol. The maximum Gasteiger partial charge on any atom is 0.317 e. The first-order chi connectivity index (χ1) is 8.27. The van der Waals surface area contributed by atoms with Gasteiger partial charge in [-0.2, -0.15) is 0 Å². The third-order valence-electron chi connectivity index (χ3n) is 2.86. The molecule has 1 rings (SSSR count). The van der Waals surface area contributed by atoms with Crippen LogP contribution in [0, 0.1) is 0 Å². The lowest BCUT2D eigenvalue weighted by Gasteiger charge is -2.34. The smallest absolute Gasteiger partial charge is 0.317 e. The van der Waals surface area contributed by atoms with Crippen molar-refractivity contribution in [1.29, 1.82) is 0 Å². The van der Waals surface area contributed by atoms with Crippen molar-refractivity contribution in [3.63, 3.8) is 0 Å². The monoisotopic (exact) mass is 247 g/mol. The van der Waals surface area contributed by atoms with Crippen molar-refractivity contribution in [2.24, 2.45) is 0 Å². The highest BCUT2D eigenvalue weighted by Gasteiger charge is 2.20. The quantitative estimate of drug-likeness (QED) is 0.688. The lowest BCUT2D eigenvalue weighted by Crippen LogP contribution is -2.52. The molecule has 0 spiro atoms. The molecule has 5 nitrogen and oxygen atoms in total. The topological polar surface area (TPSA) is 44.8 Å². The van der Waals surface area contributed by atoms with E-state index in [1.54, 1.807) is 12.0 Å². The molecule has 17 heavy (non-hydrogen) atoms. The Bertz CT molecular complexity index is 221. The van der Waals surface area contributed by atoms with Gasteiger partial charge in [-0.05, 0) is 6.42 Å². The summed E-state index contributed by atoms with van der Waals surface area (Å²) in [6.45, 7) is 4.32. The molecule has 1 N–H and O–H groups in total. The summed E-state index contributed by atoms with van der Waals surface area (Å²) in [6.07, 6.45) is 0.823. The van der Waals surface area contributed by atoms with E-state index in [1.807, 2.05) is 4.90 Å². The highest BCUT2D eigenvalue weighted by molar-refractivity contribution is 5.74. The number of urea groups is 1. The minimum absolute atomic E-state index is 0.0269. The van der Waals surface area contributed by atoms with Gasteiger partial charge in [-0.3, -0.25) is 4.90 Å². The number of carbonyl (C=O) groups is 1. The van der Waals surface area contributed by atoms with Crippen LogP contribution in [0.1, 0.15) is 6.42 Å². The fraction of sp³-hybridized carbons (Fsp3) is 0.909. The number of ether oxygens (including phenoxy) is 1. The molecule has 0 saturated carbocycles. The summed E-state index contributed by atoms with van der Waals surface area (Å²) in [5, 5.41) is 2.85. The normalized spacial score (nSPS) is 17.2. The number of amides is 2. The summed E-state index contributed by atoms with van der Waals surface area (Å²) in [5.74, 6) is 0. The molecule has 1 fully saturated rings. The number of hydrogen-bond donors (Lipinski definition) is 1.